The number of amides is 1. The third-order valence-electron chi connectivity index (χ3n) is 5.18. The molecule has 27 heavy (non-hydrogen) atoms. The zero-order valence-corrected chi connectivity index (χ0v) is 15.0. The van der Waals surface area contributed by atoms with Crippen molar-refractivity contribution in [2.45, 2.75) is 38.3 Å². The van der Waals surface area contributed by atoms with Crippen molar-refractivity contribution in [2.75, 3.05) is 11.9 Å². The smallest absolute Gasteiger partial charge is 0.269 e. The van der Waals surface area contributed by atoms with Crippen molar-refractivity contribution in [3.05, 3.63) is 48.3 Å². The minimum absolute atomic E-state index is 0.198. The molecule has 0 spiro atoms. The van der Waals surface area contributed by atoms with Crippen LogP contribution in [0.1, 0.15) is 25.1 Å². The minimum Gasteiger partial charge on any atom is -0.485 e. The molecule has 2 aliphatic rings. The number of aromatic nitrogens is 2. The van der Waals surface area contributed by atoms with Gasteiger partial charge in [0, 0.05) is 18.7 Å². The van der Waals surface area contributed by atoms with Crippen LogP contribution in [0.15, 0.2) is 42.5 Å². The molecule has 1 unspecified atom stereocenters. The molecule has 138 valence electrons. The summed E-state index contributed by atoms with van der Waals surface area (Å²) >= 11 is 0. The van der Waals surface area contributed by atoms with E-state index >= 15 is 0 Å². The van der Waals surface area contributed by atoms with E-state index in [4.69, 9.17) is 14.5 Å². The summed E-state index contributed by atoms with van der Waals surface area (Å²) in [6.45, 7) is 1.22. The normalized spacial score (nSPS) is 18.6. The highest BCUT2D eigenvalue weighted by molar-refractivity contribution is 5.96. The van der Waals surface area contributed by atoms with Crippen molar-refractivity contribution in [3.63, 3.8) is 0 Å². The summed E-state index contributed by atoms with van der Waals surface area (Å²) in [4.78, 5) is 17.4. The molecule has 0 saturated carbocycles. The van der Waals surface area contributed by atoms with Crippen LogP contribution in [0.4, 0.5) is 5.69 Å². The van der Waals surface area contributed by atoms with Gasteiger partial charge in [-0.05, 0) is 43.2 Å². The summed E-state index contributed by atoms with van der Waals surface area (Å²) in [6, 6.07) is 13.3. The molecule has 1 aromatic heterocycles. The van der Waals surface area contributed by atoms with Gasteiger partial charge >= 0.3 is 0 Å². The Balaban J connectivity index is 1.35. The van der Waals surface area contributed by atoms with E-state index < -0.39 is 6.10 Å². The maximum atomic E-state index is 12.6. The molecule has 0 saturated heterocycles. The van der Waals surface area contributed by atoms with Crippen molar-refractivity contribution in [3.8, 4) is 11.5 Å². The highest BCUT2D eigenvalue weighted by Gasteiger charge is 2.27. The van der Waals surface area contributed by atoms with Crippen molar-refractivity contribution in [1.82, 2.24) is 9.55 Å². The topological polar surface area (TPSA) is 65.4 Å². The SMILES string of the molecule is O=C(Nc1ccc2c(c1)nc1n2CCCCC1)C1COc2ccccc2O1. The number of aryl methyl sites for hydroxylation is 2. The Hall–Kier alpha value is -3.02. The van der Waals surface area contributed by atoms with Gasteiger partial charge in [0.2, 0.25) is 6.10 Å². The fourth-order valence-electron chi connectivity index (χ4n) is 3.80. The van der Waals surface area contributed by atoms with Crippen molar-refractivity contribution < 1.29 is 14.3 Å². The molecular weight excluding hydrogens is 342 g/mol. The van der Waals surface area contributed by atoms with Crippen LogP contribution in [0, 0.1) is 0 Å². The average Bonchev–Trinajstić information content (AvgIpc) is 2.87. The average molecular weight is 363 g/mol. The number of anilines is 1. The molecule has 0 aliphatic carbocycles. The van der Waals surface area contributed by atoms with E-state index in [1.165, 1.54) is 19.3 Å². The molecule has 0 radical (unpaired) electrons. The molecule has 5 rings (SSSR count). The predicted octanol–water partition coefficient (Wildman–Crippen LogP) is 3.54. The van der Waals surface area contributed by atoms with Gasteiger partial charge in [0.1, 0.15) is 12.4 Å². The number of hydrogen-bond acceptors (Lipinski definition) is 4. The van der Waals surface area contributed by atoms with E-state index in [0.29, 0.717) is 11.5 Å². The number of imidazole rings is 1. The maximum Gasteiger partial charge on any atom is 0.269 e. The zero-order chi connectivity index (χ0) is 18.2. The van der Waals surface area contributed by atoms with E-state index in [2.05, 4.69) is 9.88 Å². The van der Waals surface area contributed by atoms with Crippen LogP contribution in [0.25, 0.3) is 11.0 Å². The number of carbonyl (C=O) groups excluding carboxylic acids is 1. The van der Waals surface area contributed by atoms with Gasteiger partial charge < -0.3 is 19.4 Å². The predicted molar refractivity (Wildman–Crippen MR) is 102 cm³/mol. The van der Waals surface area contributed by atoms with Gasteiger partial charge in [0.15, 0.2) is 11.5 Å². The van der Waals surface area contributed by atoms with Gasteiger partial charge in [0.05, 0.1) is 11.0 Å². The summed E-state index contributed by atoms with van der Waals surface area (Å²) < 4.78 is 13.7. The number of carbonyl (C=O) groups is 1. The lowest BCUT2D eigenvalue weighted by atomic mass is 10.2. The van der Waals surface area contributed by atoms with Gasteiger partial charge in [-0.3, -0.25) is 4.79 Å². The number of ether oxygens (including phenoxy) is 2. The molecule has 1 atom stereocenters. The third-order valence-corrected chi connectivity index (χ3v) is 5.18. The van der Waals surface area contributed by atoms with E-state index in [0.717, 1.165) is 35.5 Å². The lowest BCUT2D eigenvalue weighted by Gasteiger charge is -2.25. The highest BCUT2D eigenvalue weighted by Crippen LogP contribution is 2.31. The van der Waals surface area contributed by atoms with Crippen LogP contribution in [0.5, 0.6) is 11.5 Å². The Morgan fingerprint density at radius 3 is 2.93 bits per heavy atom. The fraction of sp³-hybridized carbons (Fsp3) is 0.333. The molecule has 3 heterocycles. The first-order valence-electron chi connectivity index (χ1n) is 9.46. The quantitative estimate of drug-likeness (QED) is 0.756. The Bertz CT molecular complexity index is 1010. The second kappa shape index (κ2) is 6.61. The summed E-state index contributed by atoms with van der Waals surface area (Å²) in [5.74, 6) is 2.19. The van der Waals surface area contributed by atoms with Crippen molar-refractivity contribution in [1.29, 1.82) is 0 Å². The van der Waals surface area contributed by atoms with Gasteiger partial charge in [0.25, 0.3) is 5.91 Å². The van der Waals surface area contributed by atoms with Crippen LogP contribution >= 0.6 is 0 Å². The number of rotatable bonds is 2. The number of benzene rings is 2. The Kier molecular flexibility index (Phi) is 3.96. The van der Waals surface area contributed by atoms with Gasteiger partial charge in [-0.2, -0.15) is 0 Å². The maximum absolute atomic E-state index is 12.6. The van der Waals surface area contributed by atoms with Crippen molar-refractivity contribution >= 4 is 22.6 Å². The second-order valence-electron chi connectivity index (χ2n) is 7.05. The summed E-state index contributed by atoms with van der Waals surface area (Å²) in [7, 11) is 0. The molecule has 3 aromatic rings. The molecule has 0 bridgehead atoms. The first-order valence-corrected chi connectivity index (χ1v) is 9.46. The first kappa shape index (κ1) is 16.2. The van der Waals surface area contributed by atoms with Gasteiger partial charge in [-0.25, -0.2) is 4.98 Å². The third kappa shape index (κ3) is 3.01. The zero-order valence-electron chi connectivity index (χ0n) is 15.0. The summed E-state index contributed by atoms with van der Waals surface area (Å²) in [5, 5.41) is 2.93. The number of nitrogens with zero attached hydrogens (tertiary/aromatic N) is 2. The molecular formula is C21H21N3O3. The largest absolute Gasteiger partial charge is 0.485 e. The Morgan fingerprint density at radius 1 is 1.11 bits per heavy atom. The lowest BCUT2D eigenvalue weighted by Crippen LogP contribution is -2.40. The summed E-state index contributed by atoms with van der Waals surface area (Å²) in [6.07, 6.45) is 3.98. The van der Waals surface area contributed by atoms with Gasteiger partial charge in [-0.15, -0.1) is 0 Å². The molecule has 1 amide bonds. The second-order valence-corrected chi connectivity index (χ2v) is 7.05. The molecule has 1 N–H and O–H groups in total. The molecule has 2 aliphatic heterocycles. The minimum atomic E-state index is -0.672. The van der Waals surface area contributed by atoms with E-state index in [9.17, 15) is 4.79 Å². The lowest BCUT2D eigenvalue weighted by molar-refractivity contribution is -0.125. The monoisotopic (exact) mass is 363 g/mol. The molecule has 6 nitrogen and oxygen atoms in total. The Morgan fingerprint density at radius 2 is 2.00 bits per heavy atom. The van der Waals surface area contributed by atoms with E-state index in [1.807, 2.05) is 36.4 Å². The van der Waals surface area contributed by atoms with Gasteiger partial charge in [-0.1, -0.05) is 18.6 Å². The first-order chi connectivity index (χ1) is 13.3. The Labute approximate surface area is 157 Å². The van der Waals surface area contributed by atoms with Crippen LogP contribution in [0.3, 0.4) is 0 Å². The van der Waals surface area contributed by atoms with Crippen LogP contribution in [-0.4, -0.2) is 28.2 Å². The standard InChI is InChI=1S/C21H21N3O3/c25-21(19-13-26-17-6-3-4-7-18(17)27-19)22-14-9-10-16-15(12-14)23-20-8-2-1-5-11-24(16)20/h3-4,6-7,9-10,12,19H,1-2,5,8,11,13H2,(H,22,25). The molecule has 2 aromatic carbocycles. The molecule has 0 fully saturated rings. The number of nitrogens with one attached hydrogen (secondary N) is 1. The van der Waals surface area contributed by atoms with Crippen LogP contribution in [-0.2, 0) is 17.8 Å². The highest BCUT2D eigenvalue weighted by atomic mass is 16.6. The van der Waals surface area contributed by atoms with Crippen LogP contribution < -0.4 is 14.8 Å². The number of fused-ring (bicyclic) bond motifs is 4. The van der Waals surface area contributed by atoms with E-state index in [-0.39, 0.29) is 12.5 Å². The van der Waals surface area contributed by atoms with E-state index in [1.54, 1.807) is 6.07 Å². The van der Waals surface area contributed by atoms with Crippen molar-refractivity contribution in [2.24, 2.45) is 0 Å². The summed E-state index contributed by atoms with van der Waals surface area (Å²) in [5.41, 5.74) is 2.79. The fourth-order valence-corrected chi connectivity index (χ4v) is 3.80. The van der Waals surface area contributed by atoms with Crippen LogP contribution in [0.2, 0.25) is 0 Å². The molecule has 6 heteroatoms. The number of para-hydroxylation sites is 2. The number of hydrogen-bond donors (Lipinski definition) is 1.